The van der Waals surface area contributed by atoms with Crippen LogP contribution in [0.1, 0.15) is 27.9 Å². The molecule has 6 nitrogen and oxygen atoms in total. The summed E-state index contributed by atoms with van der Waals surface area (Å²) in [5.74, 6) is 0.189. The second-order valence-electron chi connectivity index (χ2n) is 4.78. The van der Waals surface area contributed by atoms with Gasteiger partial charge in [0.25, 0.3) is 5.91 Å². The zero-order valence-corrected chi connectivity index (χ0v) is 12.1. The summed E-state index contributed by atoms with van der Waals surface area (Å²) in [5.41, 5.74) is 2.37. The van der Waals surface area contributed by atoms with E-state index in [0.717, 1.165) is 11.1 Å². The van der Waals surface area contributed by atoms with Crippen LogP contribution in [-0.2, 0) is 4.79 Å². The van der Waals surface area contributed by atoms with Crippen molar-refractivity contribution in [3.8, 4) is 0 Å². The predicted molar refractivity (Wildman–Crippen MR) is 80.1 cm³/mol. The number of aromatic nitrogens is 2. The van der Waals surface area contributed by atoms with E-state index in [2.05, 4.69) is 20.6 Å². The van der Waals surface area contributed by atoms with E-state index >= 15 is 0 Å². The maximum Gasteiger partial charge on any atom is 0.253 e. The Bertz CT molecular complexity index is 649. The highest BCUT2D eigenvalue weighted by Gasteiger charge is 2.10. The molecule has 3 N–H and O–H groups in total. The maximum atomic E-state index is 11.8. The third-order valence-electron chi connectivity index (χ3n) is 3.10. The first-order valence-corrected chi connectivity index (χ1v) is 6.71. The summed E-state index contributed by atoms with van der Waals surface area (Å²) in [5, 5.41) is 5.44. The van der Waals surface area contributed by atoms with Crippen molar-refractivity contribution in [3.63, 3.8) is 0 Å². The van der Waals surface area contributed by atoms with Crippen LogP contribution >= 0.6 is 0 Å². The molecular formula is C15H18N4O2. The van der Waals surface area contributed by atoms with E-state index in [1.807, 2.05) is 26.0 Å². The Hall–Kier alpha value is -2.63. The molecule has 6 heteroatoms. The summed E-state index contributed by atoms with van der Waals surface area (Å²) in [6.45, 7) is 4.00. The summed E-state index contributed by atoms with van der Waals surface area (Å²) in [7, 11) is 0. The van der Waals surface area contributed by atoms with E-state index in [9.17, 15) is 9.59 Å². The highest BCUT2D eigenvalue weighted by atomic mass is 16.2. The normalized spacial score (nSPS) is 10.2. The largest absolute Gasteiger partial charge is 0.367 e. The smallest absolute Gasteiger partial charge is 0.253 e. The van der Waals surface area contributed by atoms with Crippen LogP contribution in [0.2, 0.25) is 0 Å². The van der Waals surface area contributed by atoms with E-state index in [0.29, 0.717) is 11.4 Å². The van der Waals surface area contributed by atoms with Crippen LogP contribution in [0, 0.1) is 13.8 Å². The van der Waals surface area contributed by atoms with Crippen LogP contribution < -0.4 is 10.6 Å². The Morgan fingerprint density at radius 1 is 1.24 bits per heavy atom. The Morgan fingerprint density at radius 2 is 2.05 bits per heavy atom. The summed E-state index contributed by atoms with van der Waals surface area (Å²) in [4.78, 5) is 30.6. The Balaban J connectivity index is 1.79. The number of aryl methyl sites for hydroxylation is 2. The van der Waals surface area contributed by atoms with Gasteiger partial charge in [-0.1, -0.05) is 6.07 Å². The van der Waals surface area contributed by atoms with Crippen molar-refractivity contribution in [3.05, 3.63) is 47.4 Å². The lowest BCUT2D eigenvalue weighted by atomic mass is 10.2. The fraction of sp³-hybridized carbons (Fsp3) is 0.267. The van der Waals surface area contributed by atoms with E-state index in [-0.39, 0.29) is 24.8 Å². The van der Waals surface area contributed by atoms with Gasteiger partial charge in [-0.3, -0.25) is 9.59 Å². The summed E-state index contributed by atoms with van der Waals surface area (Å²) >= 11 is 0. The van der Waals surface area contributed by atoms with Crippen LogP contribution in [-0.4, -0.2) is 28.3 Å². The SMILES string of the molecule is Cc1c[nH]cc1C(=O)NCCC(=O)Nc1ncccc1C. The Morgan fingerprint density at radius 3 is 2.71 bits per heavy atom. The summed E-state index contributed by atoms with van der Waals surface area (Å²) in [6, 6.07) is 3.68. The zero-order chi connectivity index (χ0) is 15.2. The third kappa shape index (κ3) is 3.92. The second kappa shape index (κ2) is 6.69. The molecule has 0 aliphatic carbocycles. The number of hydrogen-bond acceptors (Lipinski definition) is 3. The molecule has 2 heterocycles. The molecule has 0 atom stereocenters. The Labute approximate surface area is 123 Å². The minimum Gasteiger partial charge on any atom is -0.367 e. The molecule has 2 aromatic heterocycles. The van der Waals surface area contributed by atoms with E-state index in [1.54, 1.807) is 18.6 Å². The van der Waals surface area contributed by atoms with E-state index in [1.165, 1.54) is 0 Å². The molecule has 2 aromatic rings. The van der Waals surface area contributed by atoms with Crippen molar-refractivity contribution in [1.29, 1.82) is 0 Å². The Kier molecular flexibility index (Phi) is 4.71. The van der Waals surface area contributed by atoms with Crippen molar-refractivity contribution in [2.24, 2.45) is 0 Å². The molecule has 21 heavy (non-hydrogen) atoms. The molecule has 0 bridgehead atoms. The average molecular weight is 286 g/mol. The molecule has 0 radical (unpaired) electrons. The standard InChI is InChI=1S/C15H18N4O2/c1-10-4-3-6-17-14(10)19-13(20)5-7-18-15(21)12-9-16-8-11(12)2/h3-4,6,8-9,16H,5,7H2,1-2H3,(H,18,21)(H,17,19,20). The van der Waals surface area contributed by atoms with Gasteiger partial charge in [0.05, 0.1) is 5.56 Å². The van der Waals surface area contributed by atoms with Crippen molar-refractivity contribution >= 4 is 17.6 Å². The minimum absolute atomic E-state index is 0.178. The van der Waals surface area contributed by atoms with E-state index in [4.69, 9.17) is 0 Å². The molecular weight excluding hydrogens is 268 g/mol. The first kappa shape index (κ1) is 14.8. The monoisotopic (exact) mass is 286 g/mol. The zero-order valence-electron chi connectivity index (χ0n) is 12.1. The fourth-order valence-electron chi connectivity index (χ4n) is 1.88. The molecule has 0 saturated carbocycles. The quantitative estimate of drug-likeness (QED) is 0.783. The van der Waals surface area contributed by atoms with Gasteiger partial charge in [0, 0.05) is 31.6 Å². The lowest BCUT2D eigenvalue weighted by Gasteiger charge is -2.07. The first-order chi connectivity index (χ1) is 10.1. The van der Waals surface area contributed by atoms with Gasteiger partial charge in [-0.25, -0.2) is 4.98 Å². The minimum atomic E-state index is -0.185. The highest BCUT2D eigenvalue weighted by molar-refractivity contribution is 5.96. The number of rotatable bonds is 5. The van der Waals surface area contributed by atoms with E-state index < -0.39 is 0 Å². The topological polar surface area (TPSA) is 86.9 Å². The average Bonchev–Trinajstić information content (AvgIpc) is 2.87. The highest BCUT2D eigenvalue weighted by Crippen LogP contribution is 2.09. The molecule has 0 unspecified atom stereocenters. The summed E-state index contributed by atoms with van der Waals surface area (Å²) in [6.07, 6.45) is 5.22. The lowest BCUT2D eigenvalue weighted by molar-refractivity contribution is -0.116. The van der Waals surface area contributed by atoms with Crippen LogP contribution in [0.15, 0.2) is 30.7 Å². The number of nitrogens with zero attached hydrogens (tertiary/aromatic N) is 1. The van der Waals surface area contributed by atoms with Gasteiger partial charge < -0.3 is 15.6 Å². The van der Waals surface area contributed by atoms with Gasteiger partial charge in [0.1, 0.15) is 5.82 Å². The summed E-state index contributed by atoms with van der Waals surface area (Å²) < 4.78 is 0. The van der Waals surface area contributed by atoms with Crippen molar-refractivity contribution in [1.82, 2.24) is 15.3 Å². The molecule has 2 amide bonds. The lowest BCUT2D eigenvalue weighted by Crippen LogP contribution is -2.28. The van der Waals surface area contributed by atoms with Gasteiger partial charge in [0.2, 0.25) is 5.91 Å². The third-order valence-corrected chi connectivity index (χ3v) is 3.10. The molecule has 0 aliphatic heterocycles. The predicted octanol–water partition coefficient (Wildman–Crippen LogP) is 1.79. The number of nitrogens with one attached hydrogen (secondary N) is 3. The van der Waals surface area contributed by atoms with Crippen molar-refractivity contribution < 1.29 is 9.59 Å². The van der Waals surface area contributed by atoms with Gasteiger partial charge in [0.15, 0.2) is 0 Å². The molecule has 0 fully saturated rings. The van der Waals surface area contributed by atoms with Crippen LogP contribution in [0.3, 0.4) is 0 Å². The first-order valence-electron chi connectivity index (χ1n) is 6.71. The van der Waals surface area contributed by atoms with Crippen molar-refractivity contribution in [2.75, 3.05) is 11.9 Å². The van der Waals surface area contributed by atoms with Gasteiger partial charge in [-0.2, -0.15) is 0 Å². The molecule has 110 valence electrons. The number of aromatic amines is 1. The number of carbonyl (C=O) groups excluding carboxylic acids is 2. The van der Waals surface area contributed by atoms with Crippen LogP contribution in [0.5, 0.6) is 0 Å². The van der Waals surface area contributed by atoms with Gasteiger partial charge in [-0.15, -0.1) is 0 Å². The number of H-pyrrole nitrogens is 1. The molecule has 0 spiro atoms. The number of pyridine rings is 1. The van der Waals surface area contributed by atoms with Gasteiger partial charge in [-0.05, 0) is 31.0 Å². The molecule has 0 saturated heterocycles. The van der Waals surface area contributed by atoms with Crippen LogP contribution in [0.25, 0.3) is 0 Å². The fourth-order valence-corrected chi connectivity index (χ4v) is 1.88. The second-order valence-corrected chi connectivity index (χ2v) is 4.78. The molecule has 2 rings (SSSR count). The maximum absolute atomic E-state index is 11.8. The number of anilines is 1. The molecule has 0 aromatic carbocycles. The van der Waals surface area contributed by atoms with Gasteiger partial charge >= 0.3 is 0 Å². The number of hydrogen-bond donors (Lipinski definition) is 3. The number of amides is 2. The number of carbonyl (C=O) groups is 2. The van der Waals surface area contributed by atoms with Crippen LogP contribution in [0.4, 0.5) is 5.82 Å². The van der Waals surface area contributed by atoms with Crippen molar-refractivity contribution in [2.45, 2.75) is 20.3 Å². The molecule has 0 aliphatic rings.